The first-order chi connectivity index (χ1) is 8.90. The lowest BCUT2D eigenvalue weighted by Gasteiger charge is -2.31. The normalized spacial score (nSPS) is 27.4. The Hall–Kier alpha value is -1.68. The molecule has 1 fully saturated rings. The second-order valence-electron chi connectivity index (χ2n) is 4.84. The average Bonchev–Trinajstić information content (AvgIpc) is 2.93. The van der Waals surface area contributed by atoms with Crippen LogP contribution in [-0.2, 0) is 0 Å². The van der Waals surface area contributed by atoms with Crippen LogP contribution in [0.5, 0.6) is 0 Å². The van der Waals surface area contributed by atoms with Crippen molar-refractivity contribution in [1.29, 1.82) is 0 Å². The summed E-state index contributed by atoms with van der Waals surface area (Å²) in [5.74, 6) is 1.41. The molecule has 2 aromatic rings. The van der Waals surface area contributed by atoms with E-state index in [1.165, 1.54) is 10.4 Å². The van der Waals surface area contributed by atoms with E-state index in [9.17, 15) is 0 Å². The Labute approximate surface area is 109 Å². The molecule has 1 aromatic carbocycles. The standard InChI is InChI=1S/C14H13N3S/c1-2-7-13-11(6-1)15-14(18-13)17-16-12-8-9-4-3-5-10(9)12/h1-4,6-7,9-10H,5,8H2,(H,15,17)/b16-12-. The molecule has 18 heavy (non-hydrogen) atoms. The number of benzene rings is 1. The third kappa shape index (κ3) is 1.56. The van der Waals surface area contributed by atoms with Gasteiger partial charge in [0.1, 0.15) is 0 Å². The fourth-order valence-electron chi connectivity index (χ4n) is 2.70. The summed E-state index contributed by atoms with van der Waals surface area (Å²) in [6, 6.07) is 8.17. The maximum atomic E-state index is 4.51. The molecule has 0 aliphatic heterocycles. The first kappa shape index (κ1) is 10.3. The van der Waals surface area contributed by atoms with E-state index in [1.54, 1.807) is 11.3 Å². The Balaban J connectivity index is 1.53. The second-order valence-corrected chi connectivity index (χ2v) is 5.87. The third-order valence-corrected chi connectivity index (χ3v) is 4.69. The molecule has 1 N–H and O–H groups in total. The number of hydrogen-bond donors (Lipinski definition) is 1. The summed E-state index contributed by atoms with van der Waals surface area (Å²) in [6.07, 6.45) is 6.86. The highest BCUT2D eigenvalue weighted by atomic mass is 32.1. The number of anilines is 1. The van der Waals surface area contributed by atoms with Crippen molar-refractivity contribution >= 4 is 32.4 Å². The highest BCUT2D eigenvalue weighted by Gasteiger charge is 2.37. The predicted molar refractivity (Wildman–Crippen MR) is 76.0 cm³/mol. The molecule has 2 unspecified atom stereocenters. The number of aromatic nitrogens is 1. The monoisotopic (exact) mass is 255 g/mol. The minimum atomic E-state index is 0.659. The summed E-state index contributed by atoms with van der Waals surface area (Å²) in [5.41, 5.74) is 5.45. The lowest BCUT2D eigenvalue weighted by molar-refractivity contribution is 0.466. The molecule has 0 amide bonds. The van der Waals surface area contributed by atoms with Crippen molar-refractivity contribution in [3.8, 4) is 0 Å². The van der Waals surface area contributed by atoms with Gasteiger partial charge in [-0.15, -0.1) is 0 Å². The number of hydrazone groups is 1. The van der Waals surface area contributed by atoms with Gasteiger partial charge in [-0.25, -0.2) is 4.98 Å². The minimum Gasteiger partial charge on any atom is -0.253 e. The minimum absolute atomic E-state index is 0.659. The van der Waals surface area contributed by atoms with E-state index in [-0.39, 0.29) is 0 Å². The topological polar surface area (TPSA) is 37.3 Å². The predicted octanol–water partition coefficient (Wildman–Crippen LogP) is 3.66. The number of hydrogen-bond acceptors (Lipinski definition) is 4. The molecule has 2 aliphatic rings. The van der Waals surface area contributed by atoms with E-state index in [2.05, 4.69) is 33.7 Å². The van der Waals surface area contributed by atoms with Crippen molar-refractivity contribution in [2.24, 2.45) is 16.9 Å². The Bertz CT molecular complexity index is 623. The molecule has 4 rings (SSSR count). The van der Waals surface area contributed by atoms with Crippen molar-refractivity contribution < 1.29 is 0 Å². The van der Waals surface area contributed by atoms with Gasteiger partial charge in [0.2, 0.25) is 5.13 Å². The van der Waals surface area contributed by atoms with Gasteiger partial charge in [0.15, 0.2) is 0 Å². The number of nitrogens with zero attached hydrogens (tertiary/aromatic N) is 2. The fourth-order valence-corrected chi connectivity index (χ4v) is 3.51. The molecule has 0 spiro atoms. The zero-order chi connectivity index (χ0) is 11.9. The third-order valence-electron chi connectivity index (χ3n) is 3.75. The molecule has 90 valence electrons. The van der Waals surface area contributed by atoms with Crippen LogP contribution in [0.2, 0.25) is 0 Å². The number of rotatable bonds is 2. The first-order valence-corrected chi connectivity index (χ1v) is 7.06. The molecular formula is C14H13N3S. The van der Waals surface area contributed by atoms with Crippen molar-refractivity contribution in [3.05, 3.63) is 36.4 Å². The van der Waals surface area contributed by atoms with Gasteiger partial charge < -0.3 is 0 Å². The number of allylic oxidation sites excluding steroid dienone is 2. The van der Waals surface area contributed by atoms with Crippen LogP contribution in [0.15, 0.2) is 41.5 Å². The molecule has 0 saturated heterocycles. The van der Waals surface area contributed by atoms with Crippen molar-refractivity contribution in [3.63, 3.8) is 0 Å². The lowest BCUT2D eigenvalue weighted by atomic mass is 9.74. The van der Waals surface area contributed by atoms with Gasteiger partial charge >= 0.3 is 0 Å². The van der Waals surface area contributed by atoms with E-state index in [0.717, 1.165) is 29.4 Å². The van der Waals surface area contributed by atoms with E-state index >= 15 is 0 Å². The molecule has 4 heteroatoms. The van der Waals surface area contributed by atoms with Crippen LogP contribution in [0, 0.1) is 11.8 Å². The van der Waals surface area contributed by atoms with Gasteiger partial charge in [-0.1, -0.05) is 35.6 Å². The molecule has 3 nitrogen and oxygen atoms in total. The van der Waals surface area contributed by atoms with Crippen LogP contribution in [0.4, 0.5) is 5.13 Å². The van der Waals surface area contributed by atoms with Gasteiger partial charge in [-0.3, -0.25) is 5.43 Å². The lowest BCUT2D eigenvalue weighted by Crippen LogP contribution is -2.33. The van der Waals surface area contributed by atoms with E-state index in [4.69, 9.17) is 0 Å². The van der Waals surface area contributed by atoms with Crippen molar-refractivity contribution in [2.75, 3.05) is 5.43 Å². The Morgan fingerprint density at radius 3 is 3.17 bits per heavy atom. The summed E-state index contributed by atoms with van der Waals surface area (Å²) in [4.78, 5) is 4.51. The highest BCUT2D eigenvalue weighted by molar-refractivity contribution is 7.22. The molecular weight excluding hydrogens is 242 g/mol. The SMILES string of the molecule is C1=CC2C/C(=N/Nc3nc4ccccc4s3)C2C1. The van der Waals surface area contributed by atoms with Crippen LogP contribution in [-0.4, -0.2) is 10.7 Å². The number of nitrogens with one attached hydrogen (secondary N) is 1. The average molecular weight is 255 g/mol. The molecule has 2 atom stereocenters. The van der Waals surface area contributed by atoms with E-state index < -0.39 is 0 Å². The van der Waals surface area contributed by atoms with Gasteiger partial charge in [0.05, 0.1) is 10.2 Å². The van der Waals surface area contributed by atoms with Crippen LogP contribution < -0.4 is 5.43 Å². The first-order valence-electron chi connectivity index (χ1n) is 6.25. The molecule has 1 saturated carbocycles. The summed E-state index contributed by atoms with van der Waals surface area (Å²) in [7, 11) is 0. The van der Waals surface area contributed by atoms with Gasteiger partial charge in [-0.2, -0.15) is 5.10 Å². The van der Waals surface area contributed by atoms with E-state index in [1.807, 2.05) is 18.2 Å². The fraction of sp³-hybridized carbons (Fsp3) is 0.286. The quantitative estimate of drug-likeness (QED) is 0.657. The van der Waals surface area contributed by atoms with Crippen LogP contribution in [0.25, 0.3) is 10.2 Å². The molecule has 0 radical (unpaired) electrons. The van der Waals surface area contributed by atoms with Crippen molar-refractivity contribution in [2.45, 2.75) is 12.8 Å². The largest absolute Gasteiger partial charge is 0.253 e. The summed E-state index contributed by atoms with van der Waals surface area (Å²) in [6.45, 7) is 0. The summed E-state index contributed by atoms with van der Waals surface area (Å²) in [5, 5.41) is 5.40. The zero-order valence-electron chi connectivity index (χ0n) is 9.84. The van der Waals surface area contributed by atoms with Crippen LogP contribution in [0.3, 0.4) is 0 Å². The Kier molecular flexibility index (Phi) is 2.23. The maximum Gasteiger partial charge on any atom is 0.204 e. The van der Waals surface area contributed by atoms with Crippen molar-refractivity contribution in [1.82, 2.24) is 4.98 Å². The van der Waals surface area contributed by atoms with Crippen LogP contribution in [0.1, 0.15) is 12.8 Å². The number of fused-ring (bicyclic) bond motifs is 2. The molecule has 0 bridgehead atoms. The van der Waals surface area contributed by atoms with Gasteiger partial charge in [0.25, 0.3) is 0 Å². The van der Waals surface area contributed by atoms with Gasteiger partial charge in [0, 0.05) is 11.6 Å². The Morgan fingerprint density at radius 2 is 2.28 bits per heavy atom. The second kappa shape index (κ2) is 3.92. The maximum absolute atomic E-state index is 4.51. The van der Waals surface area contributed by atoms with E-state index in [0.29, 0.717) is 5.92 Å². The Morgan fingerprint density at radius 1 is 1.33 bits per heavy atom. The molecule has 1 heterocycles. The summed E-state index contributed by atoms with van der Waals surface area (Å²) < 4.78 is 1.20. The zero-order valence-corrected chi connectivity index (χ0v) is 10.7. The highest BCUT2D eigenvalue weighted by Crippen LogP contribution is 2.40. The number of thiazole rings is 1. The molecule has 1 aromatic heterocycles. The smallest absolute Gasteiger partial charge is 0.204 e. The molecule has 2 aliphatic carbocycles. The number of para-hydroxylation sites is 1. The summed E-state index contributed by atoms with van der Waals surface area (Å²) >= 11 is 1.65. The van der Waals surface area contributed by atoms with Crippen LogP contribution >= 0.6 is 11.3 Å². The van der Waals surface area contributed by atoms with Gasteiger partial charge in [-0.05, 0) is 30.9 Å².